The molecular weight excluding hydrogens is 330 g/mol. The third kappa shape index (κ3) is 3.24. The summed E-state index contributed by atoms with van der Waals surface area (Å²) in [5, 5.41) is 12.0. The first-order valence-electron chi connectivity index (χ1n) is 9.00. The zero-order valence-electron chi connectivity index (χ0n) is 14.5. The molecule has 0 radical (unpaired) electrons. The Morgan fingerprint density at radius 3 is 2.77 bits per heavy atom. The number of hydrogen-bond donors (Lipinski definition) is 1. The van der Waals surface area contributed by atoms with E-state index in [1.807, 2.05) is 16.8 Å². The lowest BCUT2D eigenvalue weighted by atomic mass is 9.96. The number of fused-ring (bicyclic) bond motifs is 1. The van der Waals surface area contributed by atoms with E-state index in [9.17, 15) is 9.59 Å². The Balaban J connectivity index is 1.53. The molecule has 1 aromatic carbocycles. The summed E-state index contributed by atoms with van der Waals surface area (Å²) in [6, 6.07) is 9.34. The molecule has 26 heavy (non-hydrogen) atoms. The van der Waals surface area contributed by atoms with Crippen LogP contribution in [0.3, 0.4) is 0 Å². The number of anilines is 1. The van der Waals surface area contributed by atoms with E-state index >= 15 is 0 Å². The van der Waals surface area contributed by atoms with Crippen LogP contribution < -0.4 is 10.7 Å². The predicted octanol–water partition coefficient (Wildman–Crippen LogP) is 2.74. The molecule has 7 nitrogen and oxygen atoms in total. The number of hydrogen-bond acceptors (Lipinski definition) is 4. The molecule has 3 aromatic rings. The molecule has 1 amide bonds. The van der Waals surface area contributed by atoms with Crippen molar-refractivity contribution in [2.45, 2.75) is 44.7 Å². The summed E-state index contributed by atoms with van der Waals surface area (Å²) in [6.45, 7) is 0.0383. The van der Waals surface area contributed by atoms with Crippen LogP contribution in [0.1, 0.15) is 38.1 Å². The number of benzene rings is 1. The van der Waals surface area contributed by atoms with Crippen molar-refractivity contribution in [2.24, 2.45) is 0 Å². The standard InChI is InChI=1S/C19H21N5O2/c25-17-12-21-23(16-9-5-4-8-15(16)17)13-19(26)22-18-10-11-20-24(18)14-6-2-1-3-7-14/h4-5,8-12,14H,1-3,6-7,13H2,(H,22,26). The van der Waals surface area contributed by atoms with E-state index in [-0.39, 0.29) is 17.9 Å². The molecule has 0 aliphatic heterocycles. The maximum Gasteiger partial charge on any atom is 0.247 e. The lowest BCUT2D eigenvalue weighted by Crippen LogP contribution is -2.25. The monoisotopic (exact) mass is 351 g/mol. The zero-order valence-corrected chi connectivity index (χ0v) is 14.5. The van der Waals surface area contributed by atoms with Gasteiger partial charge in [-0.2, -0.15) is 10.2 Å². The maximum absolute atomic E-state index is 12.6. The van der Waals surface area contributed by atoms with Gasteiger partial charge in [-0.1, -0.05) is 31.4 Å². The zero-order chi connectivity index (χ0) is 17.9. The number of nitrogens with one attached hydrogen (secondary N) is 1. The van der Waals surface area contributed by atoms with Gasteiger partial charge in [-0.15, -0.1) is 0 Å². The fraction of sp³-hybridized carbons (Fsp3) is 0.368. The number of nitrogens with zero attached hydrogens (tertiary/aromatic N) is 4. The SMILES string of the molecule is O=C(Cn1ncc(=O)c2ccccc21)Nc1ccnn1C1CCCCC1. The van der Waals surface area contributed by atoms with Gasteiger partial charge in [0.25, 0.3) is 0 Å². The third-order valence-corrected chi connectivity index (χ3v) is 4.91. The van der Waals surface area contributed by atoms with E-state index in [0.717, 1.165) is 12.8 Å². The third-order valence-electron chi connectivity index (χ3n) is 4.91. The van der Waals surface area contributed by atoms with Gasteiger partial charge >= 0.3 is 0 Å². The van der Waals surface area contributed by atoms with Crippen molar-refractivity contribution in [3.63, 3.8) is 0 Å². The van der Waals surface area contributed by atoms with Gasteiger partial charge in [-0.3, -0.25) is 14.3 Å². The highest BCUT2D eigenvalue weighted by Gasteiger charge is 2.19. The molecule has 1 saturated carbocycles. The summed E-state index contributed by atoms with van der Waals surface area (Å²) < 4.78 is 3.47. The summed E-state index contributed by atoms with van der Waals surface area (Å²) in [6.07, 6.45) is 8.83. The van der Waals surface area contributed by atoms with E-state index in [2.05, 4.69) is 15.5 Å². The Kier molecular flexibility index (Phi) is 4.51. The van der Waals surface area contributed by atoms with E-state index in [4.69, 9.17) is 0 Å². The molecule has 2 aromatic heterocycles. The van der Waals surface area contributed by atoms with E-state index in [0.29, 0.717) is 22.8 Å². The molecule has 134 valence electrons. The van der Waals surface area contributed by atoms with Gasteiger partial charge in [0.15, 0.2) is 0 Å². The van der Waals surface area contributed by atoms with Crippen molar-refractivity contribution in [1.82, 2.24) is 19.6 Å². The normalized spacial score (nSPS) is 15.2. The quantitative estimate of drug-likeness (QED) is 0.783. The van der Waals surface area contributed by atoms with Crippen LogP contribution in [0.25, 0.3) is 10.9 Å². The molecule has 2 heterocycles. The predicted molar refractivity (Wildman–Crippen MR) is 99.0 cm³/mol. The lowest BCUT2D eigenvalue weighted by molar-refractivity contribution is -0.116. The van der Waals surface area contributed by atoms with Crippen molar-refractivity contribution >= 4 is 22.6 Å². The van der Waals surface area contributed by atoms with Crippen LogP contribution >= 0.6 is 0 Å². The van der Waals surface area contributed by atoms with Gasteiger partial charge in [-0.25, -0.2) is 4.68 Å². The number of rotatable bonds is 4. The van der Waals surface area contributed by atoms with Crippen molar-refractivity contribution in [2.75, 3.05) is 5.32 Å². The molecule has 0 saturated heterocycles. The van der Waals surface area contributed by atoms with Crippen LogP contribution in [0.15, 0.2) is 47.5 Å². The molecule has 1 aliphatic carbocycles. The highest BCUT2D eigenvalue weighted by Crippen LogP contribution is 2.29. The Labute approximate surface area is 150 Å². The molecule has 7 heteroatoms. The van der Waals surface area contributed by atoms with Gasteiger partial charge < -0.3 is 5.32 Å². The van der Waals surface area contributed by atoms with Crippen LogP contribution in [-0.2, 0) is 11.3 Å². The van der Waals surface area contributed by atoms with E-state index in [1.165, 1.54) is 25.5 Å². The average Bonchev–Trinajstić information content (AvgIpc) is 3.13. The summed E-state index contributed by atoms with van der Waals surface area (Å²) in [4.78, 5) is 24.5. The Bertz CT molecular complexity index is 985. The number of para-hydroxylation sites is 1. The summed E-state index contributed by atoms with van der Waals surface area (Å²) in [5.74, 6) is 0.524. The molecule has 0 bridgehead atoms. The molecule has 1 aliphatic rings. The van der Waals surface area contributed by atoms with Gasteiger partial charge in [0.05, 0.1) is 24.0 Å². The minimum atomic E-state index is -0.191. The Hall–Kier alpha value is -2.96. The number of amides is 1. The van der Waals surface area contributed by atoms with Gasteiger partial charge in [0.2, 0.25) is 11.3 Å². The number of carbonyl (C=O) groups is 1. The Morgan fingerprint density at radius 1 is 1.12 bits per heavy atom. The van der Waals surface area contributed by atoms with Crippen molar-refractivity contribution in [3.05, 3.63) is 52.9 Å². The molecule has 4 rings (SSSR count). The average molecular weight is 351 g/mol. The first-order chi connectivity index (χ1) is 12.7. The van der Waals surface area contributed by atoms with E-state index in [1.54, 1.807) is 29.1 Å². The molecule has 1 N–H and O–H groups in total. The van der Waals surface area contributed by atoms with Crippen LogP contribution in [0, 0.1) is 0 Å². The minimum absolute atomic E-state index is 0.0383. The largest absolute Gasteiger partial charge is 0.309 e. The molecule has 0 unspecified atom stereocenters. The second kappa shape index (κ2) is 7.11. The molecule has 1 fully saturated rings. The lowest BCUT2D eigenvalue weighted by Gasteiger charge is -2.24. The molecule has 0 spiro atoms. The highest BCUT2D eigenvalue weighted by molar-refractivity contribution is 5.90. The molecular formula is C19H21N5O2. The van der Waals surface area contributed by atoms with Crippen LogP contribution in [-0.4, -0.2) is 25.5 Å². The first-order valence-corrected chi connectivity index (χ1v) is 9.00. The van der Waals surface area contributed by atoms with E-state index < -0.39 is 0 Å². The minimum Gasteiger partial charge on any atom is -0.309 e. The van der Waals surface area contributed by atoms with Gasteiger partial charge in [-0.05, 0) is 25.0 Å². The maximum atomic E-state index is 12.6. The van der Waals surface area contributed by atoms with Crippen LogP contribution in [0.5, 0.6) is 0 Å². The van der Waals surface area contributed by atoms with Gasteiger partial charge in [0.1, 0.15) is 12.4 Å². The summed E-state index contributed by atoms with van der Waals surface area (Å²) in [7, 11) is 0. The number of carbonyl (C=O) groups excluding carboxylic acids is 1. The van der Waals surface area contributed by atoms with Crippen LogP contribution in [0.4, 0.5) is 5.82 Å². The van der Waals surface area contributed by atoms with Crippen molar-refractivity contribution < 1.29 is 4.79 Å². The first kappa shape index (κ1) is 16.5. The van der Waals surface area contributed by atoms with Crippen LogP contribution in [0.2, 0.25) is 0 Å². The van der Waals surface area contributed by atoms with Crippen molar-refractivity contribution in [3.8, 4) is 0 Å². The summed E-state index contributed by atoms with van der Waals surface area (Å²) >= 11 is 0. The smallest absolute Gasteiger partial charge is 0.247 e. The fourth-order valence-electron chi connectivity index (χ4n) is 3.64. The highest BCUT2D eigenvalue weighted by atomic mass is 16.2. The molecule has 0 atom stereocenters. The topological polar surface area (TPSA) is 81.8 Å². The number of aromatic nitrogens is 4. The van der Waals surface area contributed by atoms with Crippen molar-refractivity contribution in [1.29, 1.82) is 0 Å². The second-order valence-corrected chi connectivity index (χ2v) is 6.68. The summed E-state index contributed by atoms with van der Waals surface area (Å²) in [5.41, 5.74) is 0.503. The fourth-order valence-corrected chi connectivity index (χ4v) is 3.64. The Morgan fingerprint density at radius 2 is 1.92 bits per heavy atom. The van der Waals surface area contributed by atoms with Gasteiger partial charge in [0, 0.05) is 11.5 Å². The second-order valence-electron chi connectivity index (χ2n) is 6.68.